The van der Waals surface area contributed by atoms with Gasteiger partial charge in [0.25, 0.3) is 0 Å². The molecule has 0 radical (unpaired) electrons. The van der Waals surface area contributed by atoms with Gasteiger partial charge in [-0.15, -0.1) is 0 Å². The molecule has 0 aliphatic carbocycles. The molecule has 0 aromatic rings. The highest BCUT2D eigenvalue weighted by Crippen LogP contribution is 2.00. The van der Waals surface area contributed by atoms with Crippen molar-refractivity contribution in [2.75, 3.05) is 0 Å². The predicted molar refractivity (Wildman–Crippen MR) is 55.0 cm³/mol. The zero-order valence-corrected chi connectivity index (χ0v) is 8.99. The Morgan fingerprint density at radius 2 is 1.83 bits per heavy atom. The maximum atomic E-state index is 11.1. The summed E-state index contributed by atoms with van der Waals surface area (Å²) in [5.41, 5.74) is 0. The Labute approximate surface area is 79.7 Å². The predicted octanol–water partition coefficient (Wildman–Crippen LogP) is 2.13. The molecular formula is C9H17NOS. The van der Waals surface area contributed by atoms with Crippen LogP contribution in [0.4, 0.5) is 0 Å². The highest BCUT2D eigenvalue weighted by Gasteiger charge is 2.09. The van der Waals surface area contributed by atoms with E-state index in [2.05, 4.69) is 19.2 Å². The fourth-order valence-corrected chi connectivity index (χ4v) is 1.14. The maximum absolute atomic E-state index is 11.1. The SMILES string of the molecule is CC(C)CC(=S)NC(=O)C(C)C. The minimum atomic E-state index is 0.00936. The first-order valence-corrected chi connectivity index (χ1v) is 4.68. The number of amides is 1. The lowest BCUT2D eigenvalue weighted by atomic mass is 10.1. The number of hydrogen-bond acceptors (Lipinski definition) is 2. The van der Waals surface area contributed by atoms with Crippen LogP contribution in [0.3, 0.4) is 0 Å². The molecule has 3 heteroatoms. The van der Waals surface area contributed by atoms with E-state index in [0.29, 0.717) is 10.9 Å². The average Bonchev–Trinajstić information content (AvgIpc) is 1.84. The van der Waals surface area contributed by atoms with E-state index in [4.69, 9.17) is 12.2 Å². The molecule has 0 spiro atoms. The lowest BCUT2D eigenvalue weighted by Crippen LogP contribution is -2.33. The molecule has 0 aromatic heterocycles. The molecule has 0 saturated carbocycles. The molecule has 70 valence electrons. The summed E-state index contributed by atoms with van der Waals surface area (Å²) in [6.45, 7) is 7.86. The van der Waals surface area contributed by atoms with Gasteiger partial charge >= 0.3 is 0 Å². The first-order valence-electron chi connectivity index (χ1n) is 4.27. The third-order valence-corrected chi connectivity index (χ3v) is 1.65. The van der Waals surface area contributed by atoms with Gasteiger partial charge in [0.05, 0.1) is 4.99 Å². The molecule has 0 bridgehead atoms. The second-order valence-electron chi connectivity index (χ2n) is 3.67. The van der Waals surface area contributed by atoms with E-state index in [1.807, 2.05) is 13.8 Å². The van der Waals surface area contributed by atoms with Crippen molar-refractivity contribution in [2.24, 2.45) is 11.8 Å². The van der Waals surface area contributed by atoms with E-state index in [-0.39, 0.29) is 11.8 Å². The topological polar surface area (TPSA) is 29.1 Å². The minimum Gasteiger partial charge on any atom is -0.320 e. The molecule has 2 nitrogen and oxygen atoms in total. The molecule has 0 fully saturated rings. The largest absolute Gasteiger partial charge is 0.320 e. The molecule has 1 N–H and O–H groups in total. The lowest BCUT2D eigenvalue weighted by molar-refractivity contribution is -0.122. The molecule has 0 aliphatic heterocycles. The van der Waals surface area contributed by atoms with Crippen LogP contribution in [0.25, 0.3) is 0 Å². The quantitative estimate of drug-likeness (QED) is 0.686. The summed E-state index contributed by atoms with van der Waals surface area (Å²) in [6, 6.07) is 0. The normalized spacial score (nSPS) is 10.5. The summed E-state index contributed by atoms with van der Waals surface area (Å²) in [7, 11) is 0. The monoisotopic (exact) mass is 187 g/mol. The van der Waals surface area contributed by atoms with E-state index >= 15 is 0 Å². The van der Waals surface area contributed by atoms with Crippen LogP contribution in [0.2, 0.25) is 0 Å². The van der Waals surface area contributed by atoms with Crippen molar-refractivity contribution in [2.45, 2.75) is 34.1 Å². The Morgan fingerprint density at radius 1 is 1.33 bits per heavy atom. The van der Waals surface area contributed by atoms with Crippen molar-refractivity contribution in [1.29, 1.82) is 0 Å². The highest BCUT2D eigenvalue weighted by atomic mass is 32.1. The number of rotatable bonds is 3. The third-order valence-electron chi connectivity index (χ3n) is 1.38. The van der Waals surface area contributed by atoms with Gasteiger partial charge in [-0.05, 0) is 5.92 Å². The van der Waals surface area contributed by atoms with Crippen molar-refractivity contribution in [1.82, 2.24) is 5.32 Å². The molecule has 0 heterocycles. The fraction of sp³-hybridized carbons (Fsp3) is 0.778. The lowest BCUT2D eigenvalue weighted by Gasteiger charge is -2.10. The van der Waals surface area contributed by atoms with Crippen molar-refractivity contribution < 1.29 is 4.79 Å². The summed E-state index contributed by atoms with van der Waals surface area (Å²) >= 11 is 4.99. The summed E-state index contributed by atoms with van der Waals surface area (Å²) < 4.78 is 0. The zero-order valence-electron chi connectivity index (χ0n) is 8.18. The molecule has 1 amide bonds. The fourth-order valence-electron chi connectivity index (χ4n) is 0.704. The maximum Gasteiger partial charge on any atom is 0.227 e. The van der Waals surface area contributed by atoms with Crippen LogP contribution >= 0.6 is 12.2 Å². The van der Waals surface area contributed by atoms with Crippen LogP contribution in [0.15, 0.2) is 0 Å². The zero-order chi connectivity index (χ0) is 9.72. The summed E-state index contributed by atoms with van der Waals surface area (Å²) in [5, 5.41) is 2.70. The van der Waals surface area contributed by atoms with Crippen molar-refractivity contribution in [3.63, 3.8) is 0 Å². The van der Waals surface area contributed by atoms with Crippen LogP contribution in [-0.2, 0) is 4.79 Å². The summed E-state index contributed by atoms with van der Waals surface area (Å²) in [6.07, 6.45) is 0.786. The second kappa shape index (κ2) is 5.25. The van der Waals surface area contributed by atoms with Gasteiger partial charge in [0.15, 0.2) is 0 Å². The van der Waals surface area contributed by atoms with Gasteiger partial charge in [0, 0.05) is 12.3 Å². The van der Waals surface area contributed by atoms with Crippen LogP contribution in [0, 0.1) is 11.8 Å². The number of carbonyl (C=O) groups excluding carboxylic acids is 1. The molecule has 0 rings (SSSR count). The van der Waals surface area contributed by atoms with Crippen LogP contribution in [0.1, 0.15) is 34.1 Å². The number of carbonyl (C=O) groups is 1. The van der Waals surface area contributed by atoms with Crippen molar-refractivity contribution in [3.05, 3.63) is 0 Å². The number of nitrogens with one attached hydrogen (secondary N) is 1. The smallest absolute Gasteiger partial charge is 0.227 e. The Hall–Kier alpha value is -0.440. The van der Waals surface area contributed by atoms with E-state index < -0.39 is 0 Å². The number of hydrogen-bond donors (Lipinski definition) is 1. The third kappa shape index (κ3) is 5.24. The van der Waals surface area contributed by atoms with Crippen molar-refractivity contribution >= 4 is 23.1 Å². The van der Waals surface area contributed by atoms with Gasteiger partial charge in [0.2, 0.25) is 5.91 Å². The molecule has 0 aromatic carbocycles. The molecule has 0 unspecified atom stereocenters. The molecule has 0 atom stereocenters. The van der Waals surface area contributed by atoms with Gasteiger partial charge in [-0.2, -0.15) is 0 Å². The average molecular weight is 187 g/mol. The first-order chi connectivity index (χ1) is 5.43. The van der Waals surface area contributed by atoms with Crippen LogP contribution in [0.5, 0.6) is 0 Å². The Kier molecular flexibility index (Phi) is 5.06. The molecule has 0 saturated heterocycles. The van der Waals surface area contributed by atoms with Gasteiger partial charge in [-0.25, -0.2) is 0 Å². The molecular weight excluding hydrogens is 170 g/mol. The summed E-state index contributed by atoms with van der Waals surface area (Å²) in [5.74, 6) is 0.528. The van der Waals surface area contributed by atoms with E-state index in [1.54, 1.807) is 0 Å². The number of thiocarbonyl (C=S) groups is 1. The van der Waals surface area contributed by atoms with Gasteiger partial charge in [0.1, 0.15) is 0 Å². The molecule has 12 heavy (non-hydrogen) atoms. The Balaban J connectivity index is 3.77. The highest BCUT2D eigenvalue weighted by molar-refractivity contribution is 7.80. The van der Waals surface area contributed by atoms with Crippen LogP contribution in [-0.4, -0.2) is 10.9 Å². The van der Waals surface area contributed by atoms with E-state index in [1.165, 1.54) is 0 Å². The van der Waals surface area contributed by atoms with Gasteiger partial charge in [-0.1, -0.05) is 39.9 Å². The minimum absolute atomic E-state index is 0.00936. The van der Waals surface area contributed by atoms with Gasteiger partial charge < -0.3 is 5.32 Å². The first kappa shape index (κ1) is 11.6. The van der Waals surface area contributed by atoms with Gasteiger partial charge in [-0.3, -0.25) is 4.79 Å². The second-order valence-corrected chi connectivity index (χ2v) is 4.16. The molecule has 0 aliphatic rings. The van der Waals surface area contributed by atoms with Crippen LogP contribution < -0.4 is 5.32 Å². The van der Waals surface area contributed by atoms with E-state index in [9.17, 15) is 4.79 Å². The Morgan fingerprint density at radius 3 is 2.17 bits per heavy atom. The standard InChI is InChI=1S/C9H17NOS/c1-6(2)5-8(12)10-9(11)7(3)4/h6-7H,5H2,1-4H3,(H,10,11,12). The van der Waals surface area contributed by atoms with Crippen molar-refractivity contribution in [3.8, 4) is 0 Å². The Bertz CT molecular complexity index is 175. The van der Waals surface area contributed by atoms with E-state index in [0.717, 1.165) is 6.42 Å². The summed E-state index contributed by atoms with van der Waals surface area (Å²) in [4.78, 5) is 11.8.